The van der Waals surface area contributed by atoms with Crippen molar-refractivity contribution in [2.24, 2.45) is 5.92 Å². The number of piperazine rings is 1. The second-order valence-corrected chi connectivity index (χ2v) is 8.25. The van der Waals surface area contributed by atoms with Crippen molar-refractivity contribution >= 4 is 11.6 Å². The fourth-order valence-corrected chi connectivity index (χ4v) is 4.50. The van der Waals surface area contributed by atoms with E-state index in [4.69, 9.17) is 0 Å². The maximum Gasteiger partial charge on any atom is 0.272 e. The summed E-state index contributed by atoms with van der Waals surface area (Å²) in [6.07, 6.45) is 5.35. The quantitative estimate of drug-likeness (QED) is 0.783. The van der Waals surface area contributed by atoms with E-state index >= 15 is 0 Å². The molecule has 0 aliphatic carbocycles. The zero-order valence-corrected chi connectivity index (χ0v) is 17.5. The molecule has 0 atom stereocenters. The minimum atomic E-state index is 0.0709. The van der Waals surface area contributed by atoms with Gasteiger partial charge in [-0.3, -0.25) is 9.78 Å². The maximum atomic E-state index is 12.9. The van der Waals surface area contributed by atoms with E-state index in [0.717, 1.165) is 57.4 Å². The fraction of sp³-hybridized carbons (Fsp3) is 0.500. The number of likely N-dealkylation sites (N-methyl/N-ethyl adjacent to an activating group) is 1. The number of hydrogen-bond donors (Lipinski definition) is 0. The summed E-state index contributed by atoms with van der Waals surface area (Å²) in [6.45, 7) is 8.82. The second kappa shape index (κ2) is 9.40. The minimum absolute atomic E-state index is 0.0709. The first-order valence-electron chi connectivity index (χ1n) is 11.0. The van der Waals surface area contributed by atoms with Crippen LogP contribution in [0, 0.1) is 5.92 Å². The molecule has 2 aromatic rings. The van der Waals surface area contributed by atoms with Crippen LogP contribution in [-0.4, -0.2) is 66.5 Å². The molecule has 5 heteroatoms. The molecule has 2 aliphatic rings. The van der Waals surface area contributed by atoms with E-state index in [2.05, 4.69) is 52.0 Å². The molecule has 2 saturated heterocycles. The number of carbonyl (C=O) groups is 1. The van der Waals surface area contributed by atoms with Crippen molar-refractivity contribution in [2.75, 3.05) is 50.7 Å². The van der Waals surface area contributed by atoms with Crippen molar-refractivity contribution in [3.05, 3.63) is 59.9 Å². The van der Waals surface area contributed by atoms with Gasteiger partial charge in [-0.2, -0.15) is 0 Å². The third-order valence-corrected chi connectivity index (χ3v) is 6.42. The largest absolute Gasteiger partial charge is 0.371 e. The fourth-order valence-electron chi connectivity index (χ4n) is 4.50. The predicted octanol–water partition coefficient (Wildman–Crippen LogP) is 3.32. The van der Waals surface area contributed by atoms with Gasteiger partial charge in [-0.05, 0) is 49.4 Å². The lowest BCUT2D eigenvalue weighted by Crippen LogP contribution is -2.48. The summed E-state index contributed by atoms with van der Waals surface area (Å²) >= 11 is 0. The smallest absolute Gasteiger partial charge is 0.272 e. The zero-order chi connectivity index (χ0) is 20.1. The molecule has 154 valence electrons. The van der Waals surface area contributed by atoms with Crippen molar-refractivity contribution < 1.29 is 4.79 Å². The second-order valence-electron chi connectivity index (χ2n) is 8.25. The van der Waals surface area contributed by atoms with Crippen LogP contribution in [0.1, 0.15) is 35.8 Å². The highest BCUT2D eigenvalue weighted by molar-refractivity contribution is 5.93. The first-order chi connectivity index (χ1) is 14.2. The predicted molar refractivity (Wildman–Crippen MR) is 117 cm³/mol. The van der Waals surface area contributed by atoms with E-state index in [9.17, 15) is 4.79 Å². The minimum Gasteiger partial charge on any atom is -0.371 e. The lowest BCUT2D eigenvalue weighted by atomic mass is 9.90. The summed E-state index contributed by atoms with van der Waals surface area (Å²) in [5, 5.41) is 0. The van der Waals surface area contributed by atoms with Crippen LogP contribution >= 0.6 is 0 Å². The van der Waals surface area contributed by atoms with Gasteiger partial charge in [0.05, 0.1) is 0 Å². The molecule has 5 nitrogen and oxygen atoms in total. The van der Waals surface area contributed by atoms with Crippen LogP contribution in [0.5, 0.6) is 0 Å². The van der Waals surface area contributed by atoms with Crippen molar-refractivity contribution in [3.63, 3.8) is 0 Å². The first-order valence-corrected chi connectivity index (χ1v) is 11.0. The Kier molecular flexibility index (Phi) is 6.45. The molecule has 0 spiro atoms. The van der Waals surface area contributed by atoms with Crippen LogP contribution in [0.15, 0.2) is 48.7 Å². The van der Waals surface area contributed by atoms with E-state index in [1.165, 1.54) is 24.8 Å². The van der Waals surface area contributed by atoms with Crippen LogP contribution in [0.3, 0.4) is 0 Å². The maximum absolute atomic E-state index is 12.9. The highest BCUT2D eigenvalue weighted by Crippen LogP contribution is 2.26. The molecule has 0 unspecified atom stereocenters. The Balaban J connectivity index is 1.34. The first kappa shape index (κ1) is 19.9. The standard InChI is InChI=1S/C24H32N4O/c1-2-26-14-16-28(17-15-26)24(29)23-19-22(8-11-25-23)27-12-9-21(10-13-27)18-20-6-4-3-5-7-20/h3-8,11,19,21H,2,9-10,12-18H2,1H3. The molecule has 0 N–H and O–H groups in total. The number of aromatic nitrogens is 1. The molecule has 0 radical (unpaired) electrons. The van der Waals surface area contributed by atoms with Crippen molar-refractivity contribution in [2.45, 2.75) is 26.2 Å². The Morgan fingerprint density at radius 2 is 1.72 bits per heavy atom. The molecule has 0 bridgehead atoms. The molecule has 4 rings (SSSR count). The van der Waals surface area contributed by atoms with Gasteiger partial charge in [0.15, 0.2) is 0 Å². The highest BCUT2D eigenvalue weighted by Gasteiger charge is 2.24. The van der Waals surface area contributed by atoms with E-state index in [-0.39, 0.29) is 5.91 Å². The van der Waals surface area contributed by atoms with Crippen LogP contribution < -0.4 is 4.90 Å². The number of hydrogen-bond acceptors (Lipinski definition) is 4. The molecule has 1 aromatic carbocycles. The molecule has 1 aromatic heterocycles. The molecule has 3 heterocycles. The number of carbonyl (C=O) groups excluding carboxylic acids is 1. The van der Waals surface area contributed by atoms with E-state index in [1.807, 2.05) is 17.0 Å². The zero-order valence-electron chi connectivity index (χ0n) is 17.5. The van der Waals surface area contributed by atoms with Gasteiger partial charge in [-0.25, -0.2) is 0 Å². The molecular formula is C24H32N4O. The third kappa shape index (κ3) is 4.96. The average Bonchev–Trinajstić information content (AvgIpc) is 2.80. The molecule has 0 saturated carbocycles. The lowest BCUT2D eigenvalue weighted by Gasteiger charge is -2.35. The monoisotopic (exact) mass is 392 g/mol. The molecule has 29 heavy (non-hydrogen) atoms. The Bertz CT molecular complexity index is 794. The third-order valence-electron chi connectivity index (χ3n) is 6.42. The molecule has 2 aliphatic heterocycles. The normalized spacial score (nSPS) is 18.8. The number of rotatable bonds is 5. The summed E-state index contributed by atoms with van der Waals surface area (Å²) in [7, 11) is 0. The summed E-state index contributed by atoms with van der Waals surface area (Å²) in [4.78, 5) is 24.0. The van der Waals surface area contributed by atoms with E-state index < -0.39 is 0 Å². The van der Waals surface area contributed by atoms with Crippen LogP contribution in [0.4, 0.5) is 5.69 Å². The molecular weight excluding hydrogens is 360 g/mol. The van der Waals surface area contributed by atoms with Gasteiger partial charge in [0, 0.05) is 51.2 Å². The number of amides is 1. The van der Waals surface area contributed by atoms with Gasteiger partial charge in [0.25, 0.3) is 5.91 Å². The number of nitrogens with zero attached hydrogens (tertiary/aromatic N) is 4. The summed E-state index contributed by atoms with van der Waals surface area (Å²) < 4.78 is 0. The Labute approximate surface area is 174 Å². The van der Waals surface area contributed by atoms with Gasteiger partial charge < -0.3 is 14.7 Å². The van der Waals surface area contributed by atoms with Crippen LogP contribution in [0.25, 0.3) is 0 Å². The Morgan fingerprint density at radius 1 is 1.00 bits per heavy atom. The van der Waals surface area contributed by atoms with Crippen molar-refractivity contribution in [1.29, 1.82) is 0 Å². The van der Waals surface area contributed by atoms with Crippen molar-refractivity contribution in [3.8, 4) is 0 Å². The number of anilines is 1. The lowest BCUT2D eigenvalue weighted by molar-refractivity contribution is 0.0637. The number of benzene rings is 1. The van der Waals surface area contributed by atoms with E-state index in [1.54, 1.807) is 6.20 Å². The van der Waals surface area contributed by atoms with Gasteiger partial charge in [0.2, 0.25) is 0 Å². The Hall–Kier alpha value is -2.40. The van der Waals surface area contributed by atoms with E-state index in [0.29, 0.717) is 5.69 Å². The van der Waals surface area contributed by atoms with Gasteiger partial charge in [-0.1, -0.05) is 37.3 Å². The van der Waals surface area contributed by atoms with Gasteiger partial charge in [0.1, 0.15) is 5.69 Å². The average molecular weight is 393 g/mol. The molecule has 2 fully saturated rings. The number of piperidine rings is 1. The topological polar surface area (TPSA) is 39.7 Å². The summed E-state index contributed by atoms with van der Waals surface area (Å²) in [6, 6.07) is 14.8. The van der Waals surface area contributed by atoms with Gasteiger partial charge >= 0.3 is 0 Å². The summed E-state index contributed by atoms with van der Waals surface area (Å²) in [5.41, 5.74) is 3.15. The van der Waals surface area contributed by atoms with Crippen LogP contribution in [-0.2, 0) is 6.42 Å². The van der Waals surface area contributed by atoms with Crippen LogP contribution in [0.2, 0.25) is 0 Å². The SMILES string of the molecule is CCN1CCN(C(=O)c2cc(N3CCC(Cc4ccccc4)CC3)ccn2)CC1. The highest BCUT2D eigenvalue weighted by atomic mass is 16.2. The molecule has 1 amide bonds. The van der Waals surface area contributed by atoms with Crippen molar-refractivity contribution in [1.82, 2.24) is 14.8 Å². The summed E-state index contributed by atoms with van der Waals surface area (Å²) in [5.74, 6) is 0.813. The number of pyridine rings is 1. The van der Waals surface area contributed by atoms with Gasteiger partial charge in [-0.15, -0.1) is 0 Å². The Morgan fingerprint density at radius 3 is 2.41 bits per heavy atom.